The van der Waals surface area contributed by atoms with Gasteiger partial charge < -0.3 is 57.7 Å². The molecule has 7 rings (SSSR count). The highest BCUT2D eigenvalue weighted by Gasteiger charge is 2.50. The van der Waals surface area contributed by atoms with Crippen molar-refractivity contribution in [3.05, 3.63) is 63.3 Å². The van der Waals surface area contributed by atoms with E-state index in [9.17, 15) is 30.0 Å². The summed E-state index contributed by atoms with van der Waals surface area (Å²) in [5, 5.41) is 45.2. The minimum Gasteiger partial charge on any atom is -0.506 e. The van der Waals surface area contributed by atoms with Gasteiger partial charge in [-0.05, 0) is 31.5 Å². The van der Waals surface area contributed by atoms with Crippen LogP contribution in [0.5, 0.6) is 11.5 Å². The highest BCUT2D eigenvalue weighted by atomic mass is 16.7. The summed E-state index contributed by atoms with van der Waals surface area (Å²) >= 11 is 0. The van der Waals surface area contributed by atoms with Gasteiger partial charge in [0.05, 0.1) is 29.1 Å². The van der Waals surface area contributed by atoms with Crippen LogP contribution in [0, 0.1) is 5.92 Å². The molecule has 2 aliphatic heterocycles. The molecule has 11 atom stereocenters. The van der Waals surface area contributed by atoms with Crippen LogP contribution in [0.1, 0.15) is 26.3 Å². The Hall–Kier alpha value is -4.12. The number of hydrogen-bond acceptors (Lipinski definition) is 14. The zero-order valence-electron chi connectivity index (χ0n) is 27.9. The third-order valence-electron chi connectivity index (χ3n) is 10.00. The summed E-state index contributed by atoms with van der Waals surface area (Å²) < 4.78 is 47.6. The van der Waals surface area contributed by atoms with Crippen LogP contribution in [-0.4, -0.2) is 96.1 Å². The summed E-state index contributed by atoms with van der Waals surface area (Å²) in [5.74, 6) is -0.955. The van der Waals surface area contributed by atoms with Crippen molar-refractivity contribution in [2.45, 2.75) is 82.2 Å². The highest BCUT2D eigenvalue weighted by Crippen LogP contribution is 2.45. The van der Waals surface area contributed by atoms with E-state index in [0.717, 1.165) is 0 Å². The summed E-state index contributed by atoms with van der Waals surface area (Å²) in [7, 11) is 2.92. The van der Waals surface area contributed by atoms with Crippen molar-refractivity contribution in [3.8, 4) is 11.5 Å². The van der Waals surface area contributed by atoms with Gasteiger partial charge in [-0.25, -0.2) is 9.59 Å². The first-order valence-corrected chi connectivity index (χ1v) is 16.2. The molecule has 0 saturated carbocycles. The van der Waals surface area contributed by atoms with Crippen molar-refractivity contribution < 1.29 is 57.7 Å². The second-order valence-corrected chi connectivity index (χ2v) is 12.9. The fraction of sp³-hybridized carbons (Fsp3) is 0.444. The summed E-state index contributed by atoms with van der Waals surface area (Å²) in [6.45, 7) is 8.74. The molecule has 2 fully saturated rings. The van der Waals surface area contributed by atoms with E-state index in [2.05, 4.69) is 6.58 Å². The Morgan fingerprint density at radius 1 is 0.740 bits per heavy atom. The predicted octanol–water partition coefficient (Wildman–Crippen LogP) is 2.99. The van der Waals surface area contributed by atoms with Gasteiger partial charge >= 0.3 is 11.3 Å². The second kappa shape index (κ2) is 12.9. The van der Waals surface area contributed by atoms with Crippen LogP contribution in [0.25, 0.3) is 49.6 Å². The second-order valence-electron chi connectivity index (χ2n) is 12.9. The van der Waals surface area contributed by atoms with E-state index in [1.165, 1.54) is 38.5 Å². The molecule has 4 N–H and O–H groups in total. The SMILES string of the molecule is C=Cc1ccc2oc(=O)c3c(O)c4cccc(OC5OC(C)C(O)C(O)C5OC5OC(C)C(O)C(OC)C(OC)C5C)c4c4oc(=O)c1c2c34. The molecule has 2 aliphatic rings. The van der Waals surface area contributed by atoms with Gasteiger partial charge in [0.25, 0.3) is 0 Å². The van der Waals surface area contributed by atoms with Crippen LogP contribution in [0.4, 0.5) is 0 Å². The molecule has 14 heteroatoms. The van der Waals surface area contributed by atoms with Gasteiger partial charge in [0.15, 0.2) is 18.0 Å². The van der Waals surface area contributed by atoms with E-state index in [1.807, 2.05) is 0 Å². The molecule has 266 valence electrons. The molecule has 0 spiro atoms. The summed E-state index contributed by atoms with van der Waals surface area (Å²) in [6.07, 6.45) is -9.60. The molecule has 4 heterocycles. The van der Waals surface area contributed by atoms with Crippen LogP contribution in [0.2, 0.25) is 0 Å². The Bertz CT molecular complexity index is 2190. The maximum Gasteiger partial charge on any atom is 0.348 e. The van der Waals surface area contributed by atoms with Crippen molar-refractivity contribution in [1.29, 1.82) is 0 Å². The first-order chi connectivity index (χ1) is 23.9. The summed E-state index contributed by atoms with van der Waals surface area (Å²) in [6, 6.07) is 7.71. The molecule has 0 radical (unpaired) electrons. The van der Waals surface area contributed by atoms with Gasteiger partial charge in [0, 0.05) is 36.3 Å². The number of aliphatic hydroxyl groups excluding tert-OH is 3. The number of hydrogen-bond donors (Lipinski definition) is 4. The zero-order chi connectivity index (χ0) is 35.8. The minimum atomic E-state index is -1.55. The molecule has 0 bridgehead atoms. The van der Waals surface area contributed by atoms with Crippen molar-refractivity contribution in [1.82, 2.24) is 0 Å². The van der Waals surface area contributed by atoms with Gasteiger partial charge in [0.2, 0.25) is 6.29 Å². The van der Waals surface area contributed by atoms with Crippen molar-refractivity contribution in [2.24, 2.45) is 5.92 Å². The van der Waals surface area contributed by atoms with E-state index in [1.54, 1.807) is 32.9 Å². The average Bonchev–Trinajstić information content (AvgIpc) is 3.18. The van der Waals surface area contributed by atoms with E-state index in [0.29, 0.717) is 5.56 Å². The van der Waals surface area contributed by atoms with Gasteiger partial charge in [-0.3, -0.25) is 0 Å². The van der Waals surface area contributed by atoms with Crippen molar-refractivity contribution >= 4 is 49.6 Å². The normalized spacial score (nSPS) is 32.2. The van der Waals surface area contributed by atoms with Crippen LogP contribution in [0.3, 0.4) is 0 Å². The van der Waals surface area contributed by atoms with E-state index in [4.69, 9.17) is 37.3 Å². The summed E-state index contributed by atoms with van der Waals surface area (Å²) in [5.41, 5.74) is -1.09. The van der Waals surface area contributed by atoms with Crippen LogP contribution >= 0.6 is 0 Å². The van der Waals surface area contributed by atoms with E-state index < -0.39 is 84.3 Å². The minimum absolute atomic E-state index is 0.0365. The number of rotatable bonds is 7. The van der Waals surface area contributed by atoms with Crippen LogP contribution < -0.4 is 16.0 Å². The molecule has 2 aromatic heterocycles. The molecule has 14 nitrogen and oxygen atoms in total. The van der Waals surface area contributed by atoms with Crippen molar-refractivity contribution in [3.63, 3.8) is 0 Å². The largest absolute Gasteiger partial charge is 0.506 e. The number of methoxy groups -OCH3 is 2. The quantitative estimate of drug-likeness (QED) is 0.110. The molecule has 50 heavy (non-hydrogen) atoms. The van der Waals surface area contributed by atoms with Gasteiger partial charge in [-0.15, -0.1) is 0 Å². The lowest BCUT2D eigenvalue weighted by Gasteiger charge is -2.43. The first-order valence-electron chi connectivity index (χ1n) is 16.2. The smallest absolute Gasteiger partial charge is 0.348 e. The molecule has 5 aromatic rings. The fourth-order valence-electron chi connectivity index (χ4n) is 7.34. The molecular weight excluding hydrogens is 656 g/mol. The Balaban J connectivity index is 1.38. The molecule has 0 amide bonds. The monoisotopic (exact) mass is 694 g/mol. The number of aliphatic hydroxyl groups is 3. The molecule has 11 unspecified atom stereocenters. The third-order valence-corrected chi connectivity index (χ3v) is 10.00. The van der Waals surface area contributed by atoms with Gasteiger partial charge in [0.1, 0.15) is 46.9 Å². The fourth-order valence-corrected chi connectivity index (χ4v) is 7.34. The summed E-state index contributed by atoms with van der Waals surface area (Å²) in [4.78, 5) is 26.8. The van der Waals surface area contributed by atoms with Gasteiger partial charge in [-0.2, -0.15) is 0 Å². The van der Waals surface area contributed by atoms with Crippen LogP contribution in [0.15, 0.2) is 55.3 Å². The molecular formula is C36H38O14. The number of benzene rings is 3. The molecule has 0 aliphatic carbocycles. The number of ether oxygens (including phenoxy) is 6. The molecule has 2 saturated heterocycles. The van der Waals surface area contributed by atoms with Gasteiger partial charge in [-0.1, -0.05) is 37.8 Å². The number of phenolic OH excluding ortho intramolecular Hbond substituents is 1. The van der Waals surface area contributed by atoms with E-state index >= 15 is 0 Å². The predicted molar refractivity (Wildman–Crippen MR) is 179 cm³/mol. The number of aromatic hydroxyl groups is 1. The van der Waals surface area contributed by atoms with Crippen LogP contribution in [-0.2, 0) is 23.7 Å². The number of fused-ring (bicyclic) bond motifs is 2. The number of phenols is 1. The highest BCUT2D eigenvalue weighted by molar-refractivity contribution is 6.29. The first kappa shape index (κ1) is 34.3. The average molecular weight is 695 g/mol. The Labute approximate surface area is 284 Å². The zero-order valence-corrected chi connectivity index (χ0v) is 27.9. The Morgan fingerprint density at radius 2 is 1.42 bits per heavy atom. The maximum atomic E-state index is 13.6. The van der Waals surface area contributed by atoms with E-state index in [-0.39, 0.29) is 49.2 Å². The standard InChI is InChI=1S/C36H38O14/c1-7-16-11-12-19-22-20(16)33(41)49-30-21-17(27(39)24(23(22)30)34(42)47-19)9-8-10-18(21)48-36-32(28(40)25(37)14(3)46-36)50-35-13(2)29(43-5)31(44-6)26(38)15(4)45-35/h7-15,25-26,28-29,31-32,35-40H,1H2,2-6H3. The lowest BCUT2D eigenvalue weighted by Crippen LogP contribution is -2.60. The lowest BCUT2D eigenvalue weighted by atomic mass is 9.94. The van der Waals surface area contributed by atoms with Crippen molar-refractivity contribution in [2.75, 3.05) is 14.2 Å². The lowest BCUT2D eigenvalue weighted by molar-refractivity contribution is -0.323. The third kappa shape index (κ3) is 5.17. The molecule has 3 aromatic carbocycles. The topological polar surface area (TPSA) is 197 Å². The Kier molecular flexibility index (Phi) is 8.85. The maximum absolute atomic E-state index is 13.6. The Morgan fingerprint density at radius 3 is 2.12 bits per heavy atom.